The van der Waals surface area contributed by atoms with Crippen LogP contribution in [0.15, 0.2) is 48.5 Å². The third-order valence-electron chi connectivity index (χ3n) is 2.74. The second-order valence-corrected chi connectivity index (χ2v) is 4.35. The molecule has 110 valence electrons. The van der Waals surface area contributed by atoms with Crippen LogP contribution in [0.5, 0.6) is 17.2 Å². The van der Waals surface area contributed by atoms with Crippen molar-refractivity contribution in [2.24, 2.45) is 0 Å². The van der Waals surface area contributed by atoms with Crippen LogP contribution in [0.4, 0.5) is 0 Å². The van der Waals surface area contributed by atoms with Crippen molar-refractivity contribution in [2.75, 3.05) is 13.2 Å². The number of para-hydroxylation sites is 1. The molecule has 0 heterocycles. The van der Waals surface area contributed by atoms with Gasteiger partial charge in [-0.15, -0.1) is 0 Å². The van der Waals surface area contributed by atoms with Crippen LogP contribution in [-0.2, 0) is 4.74 Å². The highest BCUT2D eigenvalue weighted by Crippen LogP contribution is 2.25. The largest absolute Gasteiger partial charge is 0.504 e. The zero-order chi connectivity index (χ0) is 15.1. The fourth-order valence-electron chi connectivity index (χ4n) is 1.66. The summed E-state index contributed by atoms with van der Waals surface area (Å²) in [6, 6.07) is 13.2. The molecule has 21 heavy (non-hydrogen) atoms. The third-order valence-corrected chi connectivity index (χ3v) is 2.74. The van der Waals surface area contributed by atoms with Crippen molar-refractivity contribution in [1.82, 2.24) is 0 Å². The van der Waals surface area contributed by atoms with Gasteiger partial charge in [0, 0.05) is 6.42 Å². The smallest absolute Gasteiger partial charge is 0.338 e. The van der Waals surface area contributed by atoms with Crippen LogP contribution in [0.3, 0.4) is 0 Å². The van der Waals surface area contributed by atoms with Crippen LogP contribution in [0.2, 0.25) is 0 Å². The van der Waals surface area contributed by atoms with Crippen LogP contribution >= 0.6 is 0 Å². The average Bonchev–Trinajstić information content (AvgIpc) is 2.50. The van der Waals surface area contributed by atoms with Crippen molar-refractivity contribution in [3.8, 4) is 17.2 Å². The number of benzene rings is 2. The fourth-order valence-corrected chi connectivity index (χ4v) is 1.66. The number of esters is 1. The maximum absolute atomic E-state index is 11.7. The molecule has 0 unspecified atom stereocenters. The molecule has 0 bridgehead atoms. The van der Waals surface area contributed by atoms with E-state index < -0.39 is 5.97 Å². The molecule has 0 aliphatic heterocycles. The Morgan fingerprint density at radius 3 is 2.43 bits per heavy atom. The van der Waals surface area contributed by atoms with Gasteiger partial charge in [0.2, 0.25) is 0 Å². The minimum atomic E-state index is -0.551. The highest BCUT2D eigenvalue weighted by molar-refractivity contribution is 5.90. The van der Waals surface area contributed by atoms with Crippen LogP contribution in [0.1, 0.15) is 16.8 Å². The first-order chi connectivity index (χ1) is 10.2. The molecule has 0 fully saturated rings. The van der Waals surface area contributed by atoms with Gasteiger partial charge in [0.1, 0.15) is 5.75 Å². The lowest BCUT2D eigenvalue weighted by Crippen LogP contribution is -2.09. The van der Waals surface area contributed by atoms with Gasteiger partial charge in [-0.2, -0.15) is 0 Å². The van der Waals surface area contributed by atoms with E-state index in [9.17, 15) is 9.90 Å². The molecular weight excluding hydrogens is 272 g/mol. The summed E-state index contributed by atoms with van der Waals surface area (Å²) >= 11 is 0. The monoisotopic (exact) mass is 288 g/mol. The van der Waals surface area contributed by atoms with Gasteiger partial charge in [0.15, 0.2) is 11.5 Å². The van der Waals surface area contributed by atoms with E-state index >= 15 is 0 Å². The lowest BCUT2D eigenvalue weighted by atomic mass is 10.2. The van der Waals surface area contributed by atoms with Gasteiger partial charge in [-0.3, -0.25) is 0 Å². The van der Waals surface area contributed by atoms with Gasteiger partial charge in [-0.1, -0.05) is 18.2 Å². The number of carbonyl (C=O) groups is 1. The van der Waals surface area contributed by atoms with Gasteiger partial charge in [0.25, 0.3) is 0 Å². The second-order valence-electron chi connectivity index (χ2n) is 4.35. The molecule has 2 aromatic rings. The lowest BCUT2D eigenvalue weighted by Gasteiger charge is -2.07. The predicted molar refractivity (Wildman–Crippen MR) is 76.6 cm³/mol. The SMILES string of the molecule is O=C(OCCCOc1ccccc1)c1ccc(O)c(O)c1. The molecule has 5 nitrogen and oxygen atoms in total. The Hall–Kier alpha value is -2.69. The molecular formula is C16H16O5. The van der Waals surface area contributed by atoms with E-state index in [1.165, 1.54) is 12.1 Å². The Balaban J connectivity index is 1.71. The zero-order valence-corrected chi connectivity index (χ0v) is 11.4. The molecule has 0 radical (unpaired) electrons. The molecule has 2 N–H and O–H groups in total. The van der Waals surface area contributed by atoms with Crippen molar-refractivity contribution >= 4 is 5.97 Å². The van der Waals surface area contributed by atoms with Crippen LogP contribution in [0.25, 0.3) is 0 Å². The summed E-state index contributed by atoms with van der Waals surface area (Å²) in [5.41, 5.74) is 0.189. The maximum atomic E-state index is 11.7. The number of aromatic hydroxyl groups is 2. The highest BCUT2D eigenvalue weighted by Gasteiger charge is 2.09. The summed E-state index contributed by atoms with van der Waals surface area (Å²) in [6.45, 7) is 0.658. The number of rotatable bonds is 6. The minimum absolute atomic E-state index is 0.189. The van der Waals surface area contributed by atoms with Crippen LogP contribution in [0, 0.1) is 0 Å². The summed E-state index contributed by atoms with van der Waals surface area (Å²) < 4.78 is 10.5. The van der Waals surface area contributed by atoms with Gasteiger partial charge < -0.3 is 19.7 Å². The van der Waals surface area contributed by atoms with Gasteiger partial charge >= 0.3 is 5.97 Å². The first-order valence-corrected chi connectivity index (χ1v) is 6.54. The first-order valence-electron chi connectivity index (χ1n) is 6.54. The first kappa shape index (κ1) is 14.7. The molecule has 0 aliphatic rings. The van der Waals surface area contributed by atoms with E-state index in [0.29, 0.717) is 13.0 Å². The molecule has 5 heteroatoms. The molecule has 0 amide bonds. The van der Waals surface area contributed by atoms with Gasteiger partial charge in [-0.25, -0.2) is 4.79 Å². The summed E-state index contributed by atoms with van der Waals surface area (Å²) in [4.78, 5) is 11.7. The van der Waals surface area contributed by atoms with Crippen LogP contribution < -0.4 is 4.74 Å². The van der Waals surface area contributed by atoms with E-state index in [1.54, 1.807) is 0 Å². The van der Waals surface area contributed by atoms with E-state index in [1.807, 2.05) is 30.3 Å². The van der Waals surface area contributed by atoms with E-state index in [4.69, 9.17) is 14.6 Å². The number of ether oxygens (including phenoxy) is 2. The Kier molecular flexibility index (Phi) is 5.04. The topological polar surface area (TPSA) is 76.0 Å². The van der Waals surface area contributed by atoms with E-state index in [-0.39, 0.29) is 23.7 Å². The number of phenolic OH excluding ortho intramolecular Hbond substituents is 2. The molecule has 0 saturated carbocycles. The van der Waals surface area contributed by atoms with Crippen molar-refractivity contribution in [3.63, 3.8) is 0 Å². The minimum Gasteiger partial charge on any atom is -0.504 e. The molecule has 0 aliphatic carbocycles. The Morgan fingerprint density at radius 1 is 0.952 bits per heavy atom. The van der Waals surface area contributed by atoms with Gasteiger partial charge in [0.05, 0.1) is 18.8 Å². The van der Waals surface area contributed by atoms with E-state index in [2.05, 4.69) is 0 Å². The zero-order valence-electron chi connectivity index (χ0n) is 11.4. The molecule has 0 spiro atoms. The number of carbonyl (C=O) groups excluding carboxylic acids is 1. The maximum Gasteiger partial charge on any atom is 0.338 e. The number of hydrogen-bond donors (Lipinski definition) is 2. The summed E-state index contributed by atoms with van der Waals surface area (Å²) in [5, 5.41) is 18.5. The average molecular weight is 288 g/mol. The fraction of sp³-hybridized carbons (Fsp3) is 0.188. The van der Waals surface area contributed by atoms with E-state index in [0.717, 1.165) is 11.8 Å². The Morgan fingerprint density at radius 2 is 1.71 bits per heavy atom. The summed E-state index contributed by atoms with van der Waals surface area (Å²) in [7, 11) is 0. The number of phenols is 2. The Bertz CT molecular complexity index is 595. The summed E-state index contributed by atoms with van der Waals surface area (Å²) in [6.07, 6.45) is 0.560. The second kappa shape index (κ2) is 7.19. The van der Waals surface area contributed by atoms with Gasteiger partial charge in [-0.05, 0) is 30.3 Å². The predicted octanol–water partition coefficient (Wildman–Crippen LogP) is 2.72. The standard InChI is InChI=1S/C16H16O5/c17-14-8-7-12(11-15(14)18)16(19)21-10-4-9-20-13-5-2-1-3-6-13/h1-3,5-8,11,17-18H,4,9-10H2. The molecule has 0 aromatic heterocycles. The highest BCUT2D eigenvalue weighted by atomic mass is 16.5. The molecule has 2 aromatic carbocycles. The number of hydrogen-bond acceptors (Lipinski definition) is 5. The van der Waals surface area contributed by atoms with Crippen molar-refractivity contribution < 1.29 is 24.5 Å². The van der Waals surface area contributed by atoms with Crippen molar-refractivity contribution in [1.29, 1.82) is 0 Å². The van der Waals surface area contributed by atoms with Crippen molar-refractivity contribution in [2.45, 2.75) is 6.42 Å². The van der Waals surface area contributed by atoms with Crippen molar-refractivity contribution in [3.05, 3.63) is 54.1 Å². The lowest BCUT2D eigenvalue weighted by molar-refractivity contribution is 0.0485. The van der Waals surface area contributed by atoms with Crippen LogP contribution in [-0.4, -0.2) is 29.4 Å². The quantitative estimate of drug-likeness (QED) is 0.485. The summed E-state index contributed by atoms with van der Waals surface area (Å²) in [5.74, 6) is -0.406. The molecule has 2 rings (SSSR count). The third kappa shape index (κ3) is 4.42. The normalized spacial score (nSPS) is 10.1. The Labute approximate surface area is 122 Å². The molecule has 0 atom stereocenters. The molecule has 0 saturated heterocycles.